The Labute approximate surface area is 206 Å². The molecule has 3 atom stereocenters. The molecule has 2 saturated carbocycles. The first kappa shape index (κ1) is 25.8. The maximum absolute atomic E-state index is 13.4. The number of benzene rings is 1. The lowest BCUT2D eigenvalue weighted by molar-refractivity contribution is -0.189. The molecule has 5 rings (SSSR count). The van der Waals surface area contributed by atoms with Gasteiger partial charge in [-0.15, -0.1) is 0 Å². The standard InChI is InChI=1S/C22H21F6N3O5S/c1-11(21(23,24)25)35-15-4-3-13(37(2,33)34)7-14(15)16(32)31-9-12-8-19(12,10-31)18-29-17(30-36-18)20(5-6-20)22(26,27)28/h3-4,7,11-12H,5-6,8-10H2,1-2H3/t11-,12?,19?/m0/s1. The summed E-state index contributed by atoms with van der Waals surface area (Å²) in [6.45, 7) is 0.840. The SMILES string of the molecule is C[C@H](Oc1ccc(S(C)(=O)=O)cc1C(=O)N1CC2CC2(c2nc(C3(C(F)(F)F)CC3)no2)C1)C(F)(F)F. The fourth-order valence-electron chi connectivity index (χ4n) is 4.79. The van der Waals surface area contributed by atoms with Crippen molar-refractivity contribution in [1.82, 2.24) is 15.0 Å². The van der Waals surface area contributed by atoms with Crippen LogP contribution >= 0.6 is 0 Å². The number of aromatic nitrogens is 2. The zero-order valence-electron chi connectivity index (χ0n) is 19.5. The topological polar surface area (TPSA) is 103 Å². The molecule has 2 aromatic rings. The van der Waals surface area contributed by atoms with Crippen LogP contribution in [0.25, 0.3) is 0 Å². The molecule has 3 aliphatic rings. The number of alkyl halides is 6. The predicted octanol–water partition coefficient (Wildman–Crippen LogP) is 3.81. The average molecular weight is 553 g/mol. The number of carbonyl (C=O) groups excluding carboxylic acids is 1. The fourth-order valence-corrected chi connectivity index (χ4v) is 5.43. The van der Waals surface area contributed by atoms with E-state index in [2.05, 4.69) is 10.1 Å². The molecule has 0 spiro atoms. The molecular formula is C22H21F6N3O5S. The normalized spacial score (nSPS) is 25.5. The molecule has 1 amide bonds. The van der Waals surface area contributed by atoms with Crippen LogP contribution in [0.5, 0.6) is 5.75 Å². The molecule has 1 aromatic heterocycles. The zero-order chi connectivity index (χ0) is 27.2. The molecule has 1 saturated heterocycles. The molecule has 1 aliphatic heterocycles. The van der Waals surface area contributed by atoms with E-state index in [1.165, 1.54) is 4.90 Å². The highest BCUT2D eigenvalue weighted by Crippen LogP contribution is 2.61. The molecule has 8 nitrogen and oxygen atoms in total. The van der Waals surface area contributed by atoms with Crippen LogP contribution in [0.4, 0.5) is 26.3 Å². The van der Waals surface area contributed by atoms with E-state index in [0.29, 0.717) is 6.42 Å². The second kappa shape index (κ2) is 7.84. The summed E-state index contributed by atoms with van der Waals surface area (Å²) in [6.07, 6.45) is -10.5. The Kier molecular flexibility index (Phi) is 5.46. The van der Waals surface area contributed by atoms with Gasteiger partial charge in [-0.1, -0.05) is 5.16 Å². The summed E-state index contributed by atoms with van der Waals surface area (Å²) >= 11 is 0. The third-order valence-corrected chi connectivity index (χ3v) is 8.49. The lowest BCUT2D eigenvalue weighted by Gasteiger charge is -2.24. The van der Waals surface area contributed by atoms with E-state index in [0.717, 1.165) is 31.4 Å². The molecule has 2 aliphatic carbocycles. The van der Waals surface area contributed by atoms with Crippen molar-refractivity contribution in [2.75, 3.05) is 19.3 Å². The molecule has 15 heteroatoms. The Morgan fingerprint density at radius 2 is 1.89 bits per heavy atom. The van der Waals surface area contributed by atoms with Crippen molar-refractivity contribution >= 4 is 15.7 Å². The van der Waals surface area contributed by atoms with Crippen LogP contribution in [0.15, 0.2) is 27.6 Å². The van der Waals surface area contributed by atoms with Crippen molar-refractivity contribution in [2.45, 2.75) is 60.4 Å². The van der Waals surface area contributed by atoms with Crippen LogP contribution < -0.4 is 4.74 Å². The Hall–Kier alpha value is -2.84. The van der Waals surface area contributed by atoms with Gasteiger partial charge < -0.3 is 14.2 Å². The molecule has 3 fully saturated rings. The molecule has 37 heavy (non-hydrogen) atoms. The van der Waals surface area contributed by atoms with Crippen LogP contribution in [-0.4, -0.2) is 67.2 Å². The lowest BCUT2D eigenvalue weighted by Crippen LogP contribution is -2.35. The third kappa shape index (κ3) is 4.24. The highest BCUT2D eigenvalue weighted by molar-refractivity contribution is 7.90. The van der Waals surface area contributed by atoms with Crippen LogP contribution in [0.1, 0.15) is 48.3 Å². The van der Waals surface area contributed by atoms with Gasteiger partial charge in [0.1, 0.15) is 11.2 Å². The minimum atomic E-state index is -4.74. The average Bonchev–Trinajstić information content (AvgIpc) is 3.63. The van der Waals surface area contributed by atoms with Crippen molar-refractivity contribution in [3.05, 3.63) is 35.5 Å². The Balaban J connectivity index is 1.41. The quantitative estimate of drug-likeness (QED) is 0.502. The van der Waals surface area contributed by atoms with Crippen LogP contribution in [-0.2, 0) is 20.7 Å². The Morgan fingerprint density at radius 3 is 2.46 bits per heavy atom. The van der Waals surface area contributed by atoms with E-state index < -0.39 is 56.6 Å². The van der Waals surface area contributed by atoms with Gasteiger partial charge in [0.25, 0.3) is 5.91 Å². The van der Waals surface area contributed by atoms with Crippen molar-refractivity contribution in [3.8, 4) is 5.75 Å². The predicted molar refractivity (Wildman–Crippen MR) is 113 cm³/mol. The van der Waals surface area contributed by atoms with Crippen molar-refractivity contribution in [1.29, 1.82) is 0 Å². The van der Waals surface area contributed by atoms with E-state index in [1.807, 2.05) is 0 Å². The number of rotatable bonds is 6. The number of sulfone groups is 1. The summed E-state index contributed by atoms with van der Waals surface area (Å²) < 4.78 is 114. The molecule has 0 radical (unpaired) electrons. The summed E-state index contributed by atoms with van der Waals surface area (Å²) in [4.78, 5) is 18.4. The smallest absolute Gasteiger partial charge is 0.425 e. The first-order valence-electron chi connectivity index (χ1n) is 11.3. The molecule has 1 aromatic carbocycles. The molecule has 0 N–H and O–H groups in total. The highest BCUT2D eigenvalue weighted by atomic mass is 32.2. The molecule has 202 valence electrons. The number of halogens is 6. The second-order valence-corrected chi connectivity index (χ2v) is 12.0. The number of carbonyl (C=O) groups is 1. The molecular weight excluding hydrogens is 532 g/mol. The van der Waals surface area contributed by atoms with Gasteiger partial charge in [0.2, 0.25) is 5.89 Å². The van der Waals surface area contributed by atoms with Gasteiger partial charge in [0, 0.05) is 19.3 Å². The number of nitrogens with zero attached hydrogens (tertiary/aromatic N) is 3. The maximum Gasteiger partial charge on any atom is 0.425 e. The number of hydrogen-bond acceptors (Lipinski definition) is 7. The molecule has 0 bridgehead atoms. The third-order valence-electron chi connectivity index (χ3n) is 7.38. The Morgan fingerprint density at radius 1 is 1.22 bits per heavy atom. The number of amides is 1. The van der Waals surface area contributed by atoms with Gasteiger partial charge in [0.15, 0.2) is 21.8 Å². The first-order chi connectivity index (χ1) is 17.0. The van der Waals surface area contributed by atoms with Crippen molar-refractivity contribution in [2.24, 2.45) is 5.92 Å². The minimum Gasteiger partial charge on any atom is -0.480 e. The number of hydrogen-bond donors (Lipinski definition) is 0. The van der Waals surface area contributed by atoms with Crippen LogP contribution in [0, 0.1) is 5.92 Å². The van der Waals surface area contributed by atoms with Gasteiger partial charge >= 0.3 is 12.4 Å². The van der Waals surface area contributed by atoms with E-state index in [4.69, 9.17) is 9.26 Å². The van der Waals surface area contributed by atoms with E-state index in [-0.39, 0.29) is 48.2 Å². The number of fused-ring (bicyclic) bond motifs is 1. The summed E-state index contributed by atoms with van der Waals surface area (Å²) in [5.41, 5.74) is -3.37. The van der Waals surface area contributed by atoms with Gasteiger partial charge in [-0.25, -0.2) is 8.42 Å². The minimum absolute atomic E-state index is 0.0228. The number of ether oxygens (including phenoxy) is 1. The van der Waals surface area contributed by atoms with Crippen molar-refractivity contribution < 1.29 is 48.8 Å². The zero-order valence-corrected chi connectivity index (χ0v) is 20.3. The lowest BCUT2D eigenvalue weighted by atomic mass is 10.0. The summed E-state index contributed by atoms with van der Waals surface area (Å²) in [7, 11) is -3.80. The van der Waals surface area contributed by atoms with Gasteiger partial charge in [-0.2, -0.15) is 31.3 Å². The van der Waals surface area contributed by atoms with E-state index in [1.54, 1.807) is 0 Å². The van der Waals surface area contributed by atoms with Gasteiger partial charge in [0.05, 0.1) is 15.9 Å². The maximum atomic E-state index is 13.4. The largest absolute Gasteiger partial charge is 0.480 e. The summed E-state index contributed by atoms with van der Waals surface area (Å²) in [5.74, 6) is -1.90. The molecule has 2 unspecified atom stereocenters. The summed E-state index contributed by atoms with van der Waals surface area (Å²) in [6, 6.07) is 2.99. The first-order valence-corrected chi connectivity index (χ1v) is 13.2. The number of piperidine rings is 1. The summed E-state index contributed by atoms with van der Waals surface area (Å²) in [5, 5.41) is 3.57. The van der Waals surface area contributed by atoms with E-state index in [9.17, 15) is 39.6 Å². The highest BCUT2D eigenvalue weighted by Gasteiger charge is 2.69. The van der Waals surface area contributed by atoms with Crippen LogP contribution in [0.3, 0.4) is 0 Å². The molecule has 2 heterocycles. The van der Waals surface area contributed by atoms with Crippen LogP contribution in [0.2, 0.25) is 0 Å². The fraction of sp³-hybridized carbons (Fsp3) is 0.591. The second-order valence-electron chi connectivity index (χ2n) is 9.98. The van der Waals surface area contributed by atoms with E-state index >= 15 is 0 Å². The van der Waals surface area contributed by atoms with Gasteiger partial charge in [-0.3, -0.25) is 4.79 Å². The number of likely N-dealkylation sites (tertiary alicyclic amines) is 1. The van der Waals surface area contributed by atoms with Crippen molar-refractivity contribution in [3.63, 3.8) is 0 Å². The Bertz CT molecular complexity index is 1370. The van der Waals surface area contributed by atoms with Gasteiger partial charge in [-0.05, 0) is 50.3 Å². The monoisotopic (exact) mass is 553 g/mol.